The van der Waals surface area contributed by atoms with E-state index in [9.17, 15) is 5.26 Å². The van der Waals surface area contributed by atoms with Crippen LogP contribution in [0.4, 0.5) is 0 Å². The molecular formula is C15H13BrN2S. The van der Waals surface area contributed by atoms with Crippen LogP contribution in [0.1, 0.15) is 17.9 Å². The SMILES string of the molecule is N#CC(CCSc1ccc(Br)cc1)c1cccnc1. The van der Waals surface area contributed by atoms with Gasteiger partial charge in [0.15, 0.2) is 0 Å². The molecule has 1 aromatic heterocycles. The molecule has 0 aliphatic carbocycles. The van der Waals surface area contributed by atoms with Gasteiger partial charge in [-0.3, -0.25) is 4.98 Å². The van der Waals surface area contributed by atoms with Crippen molar-refractivity contribution in [1.82, 2.24) is 4.98 Å². The molecule has 1 heterocycles. The van der Waals surface area contributed by atoms with E-state index in [2.05, 4.69) is 39.1 Å². The van der Waals surface area contributed by atoms with Crippen LogP contribution in [0.25, 0.3) is 0 Å². The summed E-state index contributed by atoms with van der Waals surface area (Å²) >= 11 is 5.19. The number of thioether (sulfide) groups is 1. The maximum Gasteiger partial charge on any atom is 0.0735 e. The fraction of sp³-hybridized carbons (Fsp3) is 0.200. The molecule has 0 fully saturated rings. The molecule has 96 valence electrons. The van der Waals surface area contributed by atoms with Gasteiger partial charge < -0.3 is 0 Å². The number of nitrogens with zero attached hydrogens (tertiary/aromatic N) is 2. The highest BCUT2D eigenvalue weighted by Crippen LogP contribution is 2.25. The first kappa shape index (κ1) is 14.1. The average Bonchev–Trinajstić information content (AvgIpc) is 2.46. The molecule has 0 amide bonds. The lowest BCUT2D eigenvalue weighted by molar-refractivity contribution is 0.821. The third-order valence-electron chi connectivity index (χ3n) is 2.73. The Bertz CT molecular complexity index is 549. The fourth-order valence-electron chi connectivity index (χ4n) is 1.71. The zero-order chi connectivity index (χ0) is 13.5. The van der Waals surface area contributed by atoms with Crippen LogP contribution in [0.5, 0.6) is 0 Å². The largest absolute Gasteiger partial charge is 0.264 e. The average molecular weight is 333 g/mol. The molecule has 0 aliphatic rings. The van der Waals surface area contributed by atoms with E-state index in [0.717, 1.165) is 22.2 Å². The van der Waals surface area contributed by atoms with E-state index >= 15 is 0 Å². The molecule has 0 saturated heterocycles. The molecule has 0 saturated carbocycles. The lowest BCUT2D eigenvalue weighted by Gasteiger charge is -2.08. The number of halogens is 1. The van der Waals surface area contributed by atoms with E-state index < -0.39 is 0 Å². The highest BCUT2D eigenvalue weighted by Gasteiger charge is 2.10. The Morgan fingerprint density at radius 2 is 2.05 bits per heavy atom. The second-order valence-electron chi connectivity index (χ2n) is 4.06. The van der Waals surface area contributed by atoms with Gasteiger partial charge in [0.05, 0.1) is 12.0 Å². The second-order valence-corrected chi connectivity index (χ2v) is 6.14. The van der Waals surface area contributed by atoms with E-state index in [1.807, 2.05) is 24.3 Å². The monoisotopic (exact) mass is 332 g/mol. The summed E-state index contributed by atoms with van der Waals surface area (Å²) in [6.07, 6.45) is 4.34. The van der Waals surface area contributed by atoms with Crippen molar-refractivity contribution in [2.24, 2.45) is 0 Å². The van der Waals surface area contributed by atoms with Crippen LogP contribution in [-0.2, 0) is 0 Å². The van der Waals surface area contributed by atoms with Gasteiger partial charge in [-0.2, -0.15) is 5.26 Å². The molecule has 0 N–H and O–H groups in total. The summed E-state index contributed by atoms with van der Waals surface area (Å²) in [5.74, 6) is 0.853. The Morgan fingerprint density at radius 1 is 1.26 bits per heavy atom. The maximum atomic E-state index is 9.22. The van der Waals surface area contributed by atoms with Gasteiger partial charge >= 0.3 is 0 Å². The number of rotatable bonds is 5. The Balaban J connectivity index is 1.88. The molecule has 0 bridgehead atoms. The minimum absolute atomic E-state index is 0.0725. The third kappa shape index (κ3) is 4.38. The standard InChI is InChI=1S/C15H13BrN2S/c16-14-3-5-15(6-4-14)19-9-7-12(10-17)13-2-1-8-18-11-13/h1-6,8,11-12H,7,9H2. The van der Waals surface area contributed by atoms with Gasteiger partial charge in [0.2, 0.25) is 0 Å². The number of benzene rings is 1. The van der Waals surface area contributed by atoms with Gasteiger partial charge in [-0.25, -0.2) is 0 Å². The van der Waals surface area contributed by atoms with Gasteiger partial charge in [0, 0.05) is 21.8 Å². The molecule has 0 aliphatic heterocycles. The fourth-order valence-corrected chi connectivity index (χ4v) is 2.90. The van der Waals surface area contributed by atoms with Crippen LogP contribution in [0.15, 0.2) is 58.2 Å². The van der Waals surface area contributed by atoms with Crippen molar-refractivity contribution < 1.29 is 0 Å². The van der Waals surface area contributed by atoms with Crippen LogP contribution in [0, 0.1) is 11.3 Å². The molecule has 0 spiro atoms. The summed E-state index contributed by atoms with van der Waals surface area (Å²) in [5.41, 5.74) is 1.00. The summed E-state index contributed by atoms with van der Waals surface area (Å²) in [5, 5.41) is 9.22. The highest BCUT2D eigenvalue weighted by molar-refractivity contribution is 9.10. The van der Waals surface area contributed by atoms with Gasteiger partial charge in [-0.15, -0.1) is 11.8 Å². The van der Waals surface area contributed by atoms with Crippen molar-refractivity contribution >= 4 is 27.7 Å². The van der Waals surface area contributed by atoms with Crippen molar-refractivity contribution in [1.29, 1.82) is 5.26 Å². The van der Waals surface area contributed by atoms with Crippen molar-refractivity contribution in [3.8, 4) is 6.07 Å². The number of hydrogen-bond acceptors (Lipinski definition) is 3. The van der Waals surface area contributed by atoms with E-state index in [0.29, 0.717) is 0 Å². The molecule has 2 nitrogen and oxygen atoms in total. The summed E-state index contributed by atoms with van der Waals surface area (Å²) < 4.78 is 1.09. The quantitative estimate of drug-likeness (QED) is 0.748. The maximum absolute atomic E-state index is 9.22. The predicted molar refractivity (Wildman–Crippen MR) is 82.1 cm³/mol. The molecule has 4 heteroatoms. The van der Waals surface area contributed by atoms with Gasteiger partial charge in [-0.1, -0.05) is 22.0 Å². The second kappa shape index (κ2) is 7.32. The van der Waals surface area contributed by atoms with E-state index in [-0.39, 0.29) is 5.92 Å². The summed E-state index contributed by atoms with van der Waals surface area (Å²) in [7, 11) is 0. The normalized spacial score (nSPS) is 11.8. The van der Waals surface area contributed by atoms with Crippen molar-refractivity contribution in [3.05, 3.63) is 58.8 Å². The Hall–Kier alpha value is -1.31. The third-order valence-corrected chi connectivity index (χ3v) is 4.31. The summed E-state index contributed by atoms with van der Waals surface area (Å²) in [6, 6.07) is 14.4. The van der Waals surface area contributed by atoms with Crippen LogP contribution in [0.2, 0.25) is 0 Å². The van der Waals surface area contributed by atoms with Crippen LogP contribution in [0.3, 0.4) is 0 Å². The summed E-state index contributed by atoms with van der Waals surface area (Å²) in [4.78, 5) is 5.29. The van der Waals surface area contributed by atoms with Crippen LogP contribution < -0.4 is 0 Å². The van der Waals surface area contributed by atoms with E-state index in [1.54, 1.807) is 24.2 Å². The van der Waals surface area contributed by atoms with Crippen molar-refractivity contribution in [2.75, 3.05) is 5.75 Å². The lowest BCUT2D eigenvalue weighted by Crippen LogP contribution is -1.98. The zero-order valence-corrected chi connectivity index (χ0v) is 12.7. The van der Waals surface area contributed by atoms with Crippen molar-refractivity contribution in [2.45, 2.75) is 17.2 Å². The first-order valence-corrected chi connectivity index (χ1v) is 7.75. The first-order chi connectivity index (χ1) is 9.29. The summed E-state index contributed by atoms with van der Waals surface area (Å²) in [6.45, 7) is 0. The van der Waals surface area contributed by atoms with E-state index in [4.69, 9.17) is 0 Å². The molecule has 2 rings (SSSR count). The topological polar surface area (TPSA) is 36.7 Å². The van der Waals surface area contributed by atoms with Crippen LogP contribution in [-0.4, -0.2) is 10.7 Å². The van der Waals surface area contributed by atoms with E-state index in [1.165, 1.54) is 4.90 Å². The Labute approximate surface area is 126 Å². The minimum Gasteiger partial charge on any atom is -0.264 e. The molecule has 0 radical (unpaired) electrons. The number of nitriles is 1. The molecule has 1 atom stereocenters. The predicted octanol–water partition coefficient (Wildman–Crippen LogP) is 4.63. The molecule has 2 aromatic rings. The Kier molecular flexibility index (Phi) is 5.44. The number of hydrogen-bond donors (Lipinski definition) is 0. The van der Waals surface area contributed by atoms with Gasteiger partial charge in [0.25, 0.3) is 0 Å². The first-order valence-electron chi connectivity index (χ1n) is 5.97. The number of pyridine rings is 1. The molecule has 19 heavy (non-hydrogen) atoms. The number of aromatic nitrogens is 1. The Morgan fingerprint density at radius 3 is 2.68 bits per heavy atom. The molecule has 1 unspecified atom stereocenters. The van der Waals surface area contributed by atoms with Crippen LogP contribution >= 0.6 is 27.7 Å². The molecule has 1 aromatic carbocycles. The van der Waals surface area contributed by atoms with Crippen molar-refractivity contribution in [3.63, 3.8) is 0 Å². The highest BCUT2D eigenvalue weighted by atomic mass is 79.9. The lowest BCUT2D eigenvalue weighted by atomic mass is 10.0. The van der Waals surface area contributed by atoms with Gasteiger partial charge in [0.1, 0.15) is 0 Å². The molecular weight excluding hydrogens is 320 g/mol. The minimum atomic E-state index is -0.0725. The smallest absolute Gasteiger partial charge is 0.0735 e. The zero-order valence-electron chi connectivity index (χ0n) is 10.3. The van der Waals surface area contributed by atoms with Gasteiger partial charge in [-0.05, 0) is 48.1 Å².